The number of amidine groups is 1. The summed E-state index contributed by atoms with van der Waals surface area (Å²) >= 11 is 1.42. The van der Waals surface area contributed by atoms with Crippen molar-refractivity contribution in [2.24, 2.45) is 10.9 Å². The van der Waals surface area contributed by atoms with Crippen LogP contribution in [0.3, 0.4) is 0 Å². The van der Waals surface area contributed by atoms with Gasteiger partial charge in [-0.25, -0.2) is 9.79 Å². The fourth-order valence-corrected chi connectivity index (χ4v) is 6.04. The van der Waals surface area contributed by atoms with E-state index in [1.54, 1.807) is 32.1 Å². The Labute approximate surface area is 233 Å². The zero-order chi connectivity index (χ0) is 28.1. The first-order valence-corrected chi connectivity index (χ1v) is 13.9. The average molecular weight is 558 g/mol. The zero-order valence-electron chi connectivity index (χ0n) is 23.0. The van der Waals surface area contributed by atoms with Gasteiger partial charge in [-0.2, -0.15) is 0 Å². The van der Waals surface area contributed by atoms with E-state index in [4.69, 9.17) is 23.9 Å². The number of benzene rings is 1. The maximum Gasteiger partial charge on any atom is 0.338 e. The average Bonchev–Trinajstić information content (AvgIpc) is 3.37. The molecule has 1 amide bonds. The Kier molecular flexibility index (Phi) is 9.21. The lowest BCUT2D eigenvalue weighted by Crippen LogP contribution is -2.42. The first-order valence-electron chi connectivity index (χ1n) is 13.1. The summed E-state index contributed by atoms with van der Waals surface area (Å²) in [4.78, 5) is 47.2. The minimum Gasteiger partial charge on any atom is -0.497 e. The molecule has 1 atom stereocenters. The third-order valence-electron chi connectivity index (χ3n) is 7.12. The SMILES string of the molecule is CCOC(=O)C1CCN(C(=O)CC2=CSC3=NC(CC)=C(C(=O)OC)[C@@H](c4cc(OC)cc(OC)c4)N23)CC1. The van der Waals surface area contributed by atoms with Crippen LogP contribution in [-0.2, 0) is 23.9 Å². The lowest BCUT2D eigenvalue weighted by atomic mass is 9.92. The van der Waals surface area contributed by atoms with Gasteiger partial charge in [0.15, 0.2) is 5.17 Å². The van der Waals surface area contributed by atoms with Crippen LogP contribution in [0.5, 0.6) is 11.5 Å². The summed E-state index contributed by atoms with van der Waals surface area (Å²) in [6.07, 6.45) is 1.82. The Morgan fingerprint density at radius 1 is 1.03 bits per heavy atom. The van der Waals surface area contributed by atoms with E-state index in [0.29, 0.717) is 66.9 Å². The summed E-state index contributed by atoms with van der Waals surface area (Å²) in [6, 6.07) is 4.89. The van der Waals surface area contributed by atoms with E-state index < -0.39 is 12.0 Å². The van der Waals surface area contributed by atoms with Crippen molar-refractivity contribution in [1.29, 1.82) is 0 Å². The van der Waals surface area contributed by atoms with Crippen LogP contribution in [0.2, 0.25) is 0 Å². The largest absolute Gasteiger partial charge is 0.497 e. The van der Waals surface area contributed by atoms with Gasteiger partial charge in [-0.15, -0.1) is 0 Å². The predicted octanol–water partition coefficient (Wildman–Crippen LogP) is 4.03. The smallest absolute Gasteiger partial charge is 0.338 e. The Balaban J connectivity index is 1.63. The number of methoxy groups -OCH3 is 3. The Bertz CT molecular complexity index is 1200. The lowest BCUT2D eigenvalue weighted by Gasteiger charge is -2.37. The van der Waals surface area contributed by atoms with Gasteiger partial charge >= 0.3 is 11.9 Å². The minimum absolute atomic E-state index is 0.0442. The summed E-state index contributed by atoms with van der Waals surface area (Å²) < 4.78 is 21.4. The first-order chi connectivity index (χ1) is 18.8. The molecule has 0 bridgehead atoms. The maximum atomic E-state index is 13.4. The number of carbonyl (C=O) groups is 3. The van der Waals surface area contributed by atoms with Gasteiger partial charge in [0.25, 0.3) is 0 Å². The number of thioether (sulfide) groups is 1. The number of ether oxygens (including phenoxy) is 4. The van der Waals surface area contributed by atoms with Crippen LogP contribution in [-0.4, -0.2) is 73.8 Å². The number of rotatable bonds is 9. The van der Waals surface area contributed by atoms with E-state index in [2.05, 4.69) is 0 Å². The molecule has 3 aliphatic rings. The number of carbonyl (C=O) groups excluding carboxylic acids is 3. The number of piperidine rings is 1. The Morgan fingerprint density at radius 3 is 2.26 bits per heavy atom. The van der Waals surface area contributed by atoms with Crippen LogP contribution in [0.4, 0.5) is 0 Å². The van der Waals surface area contributed by atoms with E-state index in [1.807, 2.05) is 29.4 Å². The van der Waals surface area contributed by atoms with E-state index in [9.17, 15) is 14.4 Å². The van der Waals surface area contributed by atoms with Gasteiger partial charge in [0, 0.05) is 24.9 Å². The quantitative estimate of drug-likeness (QED) is 0.416. The molecule has 10 nitrogen and oxygen atoms in total. The molecule has 1 aromatic rings. The molecule has 1 aromatic carbocycles. The number of aliphatic imine (C=N–C) groups is 1. The minimum atomic E-state index is -0.590. The number of likely N-dealkylation sites (tertiary alicyclic amines) is 1. The number of fused-ring (bicyclic) bond motifs is 1. The standard InChI is InChI=1S/C28H35N3O7S/c1-6-22-24(27(34)37-5)25(18-12-20(35-3)15-21(13-18)36-4)31-19(16-39-28(31)29-22)14-23(32)30-10-8-17(9-11-30)26(33)38-7-2/h12-13,15-17,25H,6-11,14H2,1-5H3/t25-/m1/s1. The van der Waals surface area contributed by atoms with E-state index in [1.165, 1.54) is 18.9 Å². The van der Waals surface area contributed by atoms with Crippen LogP contribution in [0.25, 0.3) is 0 Å². The summed E-state index contributed by atoms with van der Waals surface area (Å²) in [5.41, 5.74) is 2.53. The molecule has 1 saturated heterocycles. The van der Waals surface area contributed by atoms with Crippen LogP contribution >= 0.6 is 11.8 Å². The van der Waals surface area contributed by atoms with Gasteiger partial charge in [-0.3, -0.25) is 9.59 Å². The molecule has 0 aliphatic carbocycles. The molecular weight excluding hydrogens is 522 g/mol. The van der Waals surface area contributed by atoms with Crippen molar-refractivity contribution < 1.29 is 33.3 Å². The van der Waals surface area contributed by atoms with Crippen molar-refractivity contribution in [3.05, 3.63) is 46.1 Å². The van der Waals surface area contributed by atoms with Gasteiger partial charge < -0.3 is 28.7 Å². The maximum absolute atomic E-state index is 13.4. The van der Waals surface area contributed by atoms with Crippen molar-refractivity contribution >= 4 is 34.8 Å². The van der Waals surface area contributed by atoms with E-state index in [-0.39, 0.29) is 24.2 Å². The molecule has 39 heavy (non-hydrogen) atoms. The number of nitrogens with zero attached hydrogens (tertiary/aromatic N) is 3. The van der Waals surface area contributed by atoms with Crippen molar-refractivity contribution in [2.45, 2.75) is 45.6 Å². The molecule has 0 unspecified atom stereocenters. The molecule has 210 valence electrons. The van der Waals surface area contributed by atoms with E-state index in [0.717, 1.165) is 11.3 Å². The Hall–Kier alpha value is -3.47. The molecule has 0 saturated carbocycles. The molecule has 1 fully saturated rings. The number of amides is 1. The lowest BCUT2D eigenvalue weighted by molar-refractivity contribution is -0.151. The molecule has 0 aromatic heterocycles. The first kappa shape index (κ1) is 28.5. The fourth-order valence-electron chi connectivity index (χ4n) is 5.11. The zero-order valence-corrected chi connectivity index (χ0v) is 23.8. The van der Waals surface area contributed by atoms with Crippen molar-refractivity contribution in [3.63, 3.8) is 0 Å². The van der Waals surface area contributed by atoms with Gasteiger partial charge in [-0.1, -0.05) is 18.7 Å². The number of hydrogen-bond donors (Lipinski definition) is 0. The summed E-state index contributed by atoms with van der Waals surface area (Å²) in [5, 5.41) is 2.61. The molecule has 0 radical (unpaired) electrons. The van der Waals surface area contributed by atoms with Crippen LogP contribution in [0.1, 0.15) is 51.1 Å². The summed E-state index contributed by atoms with van der Waals surface area (Å²) in [5.74, 6) is 0.257. The third kappa shape index (κ3) is 5.93. The second-order valence-electron chi connectivity index (χ2n) is 9.33. The molecule has 11 heteroatoms. The van der Waals surface area contributed by atoms with Crippen molar-refractivity contribution in [1.82, 2.24) is 9.80 Å². The van der Waals surface area contributed by atoms with Gasteiger partial charge in [-0.05, 0) is 49.3 Å². The second kappa shape index (κ2) is 12.6. The van der Waals surface area contributed by atoms with Gasteiger partial charge in [0.05, 0.1) is 57.6 Å². The molecule has 0 N–H and O–H groups in total. The number of esters is 2. The Morgan fingerprint density at radius 2 is 1.69 bits per heavy atom. The van der Waals surface area contributed by atoms with Crippen LogP contribution in [0.15, 0.2) is 45.6 Å². The fraction of sp³-hybridized carbons (Fsp3) is 0.500. The van der Waals surface area contributed by atoms with Crippen molar-refractivity contribution in [3.8, 4) is 11.5 Å². The molecule has 4 rings (SSSR count). The monoisotopic (exact) mass is 557 g/mol. The van der Waals surface area contributed by atoms with Gasteiger partial charge in [0.2, 0.25) is 5.91 Å². The van der Waals surface area contributed by atoms with Crippen molar-refractivity contribution in [2.75, 3.05) is 41.0 Å². The van der Waals surface area contributed by atoms with Crippen LogP contribution in [0, 0.1) is 5.92 Å². The highest BCUT2D eigenvalue weighted by molar-refractivity contribution is 8.16. The third-order valence-corrected chi connectivity index (χ3v) is 8.01. The topological polar surface area (TPSA) is 107 Å². The molecular formula is C28H35N3O7S. The number of allylic oxidation sites excluding steroid dienone is 1. The molecule has 3 heterocycles. The highest BCUT2D eigenvalue weighted by Gasteiger charge is 2.42. The second-order valence-corrected chi connectivity index (χ2v) is 10.2. The summed E-state index contributed by atoms with van der Waals surface area (Å²) in [7, 11) is 4.49. The highest BCUT2D eigenvalue weighted by Crippen LogP contribution is 2.46. The van der Waals surface area contributed by atoms with Gasteiger partial charge in [0.1, 0.15) is 11.5 Å². The van der Waals surface area contributed by atoms with E-state index >= 15 is 0 Å². The predicted molar refractivity (Wildman–Crippen MR) is 147 cm³/mol. The molecule has 0 spiro atoms. The summed E-state index contributed by atoms with van der Waals surface area (Å²) in [6.45, 7) is 5.08. The van der Waals surface area contributed by atoms with Crippen LogP contribution < -0.4 is 9.47 Å². The highest BCUT2D eigenvalue weighted by atomic mass is 32.2. The molecule has 3 aliphatic heterocycles. The normalized spacial score (nSPS) is 19.3. The number of hydrogen-bond acceptors (Lipinski definition) is 10.